The van der Waals surface area contributed by atoms with Crippen molar-refractivity contribution in [1.82, 2.24) is 0 Å². The molecule has 0 aromatic heterocycles. The van der Waals surface area contributed by atoms with Gasteiger partial charge in [0, 0.05) is 0 Å². The van der Waals surface area contributed by atoms with E-state index in [0.29, 0.717) is 12.3 Å². The second-order valence-corrected chi connectivity index (χ2v) is 4.63. The second kappa shape index (κ2) is 5.66. The van der Waals surface area contributed by atoms with E-state index in [4.69, 9.17) is 11.5 Å². The van der Waals surface area contributed by atoms with Gasteiger partial charge in [-0.05, 0) is 29.9 Å². The van der Waals surface area contributed by atoms with Crippen molar-refractivity contribution >= 4 is 5.91 Å². The molecule has 0 saturated heterocycles. The minimum atomic E-state index is -0.589. The van der Waals surface area contributed by atoms with Crippen LogP contribution in [0.25, 0.3) is 0 Å². The number of rotatable bonds is 5. The van der Waals surface area contributed by atoms with E-state index in [1.807, 2.05) is 12.1 Å². The van der Waals surface area contributed by atoms with Crippen molar-refractivity contribution in [2.24, 2.45) is 17.4 Å². The Labute approximate surface area is 96.8 Å². The number of amides is 1. The van der Waals surface area contributed by atoms with Gasteiger partial charge in [0.2, 0.25) is 5.91 Å². The molecule has 0 heterocycles. The summed E-state index contributed by atoms with van der Waals surface area (Å²) in [5, 5.41) is 0. The molecule has 0 fully saturated rings. The molecule has 0 spiro atoms. The highest BCUT2D eigenvalue weighted by Gasteiger charge is 2.10. The van der Waals surface area contributed by atoms with Crippen molar-refractivity contribution in [2.75, 3.05) is 0 Å². The van der Waals surface area contributed by atoms with Crippen molar-refractivity contribution in [2.45, 2.75) is 32.7 Å². The largest absolute Gasteiger partial charge is 0.368 e. The van der Waals surface area contributed by atoms with Gasteiger partial charge < -0.3 is 11.5 Å². The minimum Gasteiger partial charge on any atom is -0.368 e. The van der Waals surface area contributed by atoms with Gasteiger partial charge in [-0.3, -0.25) is 4.79 Å². The first kappa shape index (κ1) is 12.7. The molecule has 0 radical (unpaired) electrons. The predicted octanol–water partition coefficient (Wildman–Crippen LogP) is 1.24. The van der Waals surface area contributed by atoms with Gasteiger partial charge in [0.15, 0.2) is 0 Å². The van der Waals surface area contributed by atoms with Crippen molar-refractivity contribution in [3.05, 3.63) is 35.4 Å². The van der Waals surface area contributed by atoms with Crippen LogP contribution in [0.4, 0.5) is 0 Å². The molecule has 0 aliphatic rings. The molecule has 0 unspecified atom stereocenters. The summed E-state index contributed by atoms with van der Waals surface area (Å²) in [6, 6.07) is 7.59. The molecule has 0 aliphatic heterocycles. The van der Waals surface area contributed by atoms with E-state index in [1.165, 1.54) is 5.56 Å². The molecule has 1 aromatic rings. The van der Waals surface area contributed by atoms with Gasteiger partial charge in [0.05, 0.1) is 6.04 Å². The first-order valence-electron chi connectivity index (χ1n) is 5.61. The van der Waals surface area contributed by atoms with Gasteiger partial charge in [-0.25, -0.2) is 0 Å². The van der Waals surface area contributed by atoms with Crippen LogP contribution in [-0.2, 0) is 17.6 Å². The van der Waals surface area contributed by atoms with Crippen LogP contribution >= 0.6 is 0 Å². The number of nitrogens with two attached hydrogens (primary N) is 2. The first-order chi connectivity index (χ1) is 7.49. The number of primary amides is 1. The maximum Gasteiger partial charge on any atom is 0.234 e. The summed E-state index contributed by atoms with van der Waals surface area (Å²) >= 11 is 0. The SMILES string of the molecule is CC(C)Cc1cccc(C[C@H](N)C(N)=O)c1. The molecule has 3 heteroatoms. The normalized spacial score (nSPS) is 12.8. The zero-order chi connectivity index (χ0) is 12.1. The van der Waals surface area contributed by atoms with Crippen LogP contribution in [0.5, 0.6) is 0 Å². The van der Waals surface area contributed by atoms with Crippen LogP contribution < -0.4 is 11.5 Å². The molecule has 1 aromatic carbocycles. The third-order valence-electron chi connectivity index (χ3n) is 2.46. The highest BCUT2D eigenvalue weighted by molar-refractivity contribution is 5.79. The standard InChI is InChI=1S/C13H20N2O/c1-9(2)6-10-4-3-5-11(7-10)8-12(14)13(15)16/h3-5,7,9,12H,6,8,14H2,1-2H3,(H2,15,16)/t12-/m0/s1. The summed E-state index contributed by atoms with van der Waals surface area (Å²) in [5.41, 5.74) is 13.1. The lowest BCUT2D eigenvalue weighted by Gasteiger charge is -2.10. The minimum absolute atomic E-state index is 0.450. The molecule has 0 saturated carbocycles. The summed E-state index contributed by atoms with van der Waals surface area (Å²) in [5.74, 6) is 0.175. The lowest BCUT2D eigenvalue weighted by atomic mass is 9.98. The Kier molecular flexibility index (Phi) is 4.50. The Morgan fingerprint density at radius 2 is 1.81 bits per heavy atom. The number of benzene rings is 1. The Hall–Kier alpha value is -1.35. The first-order valence-corrected chi connectivity index (χ1v) is 5.61. The molecule has 3 nitrogen and oxygen atoms in total. The fourth-order valence-corrected chi connectivity index (χ4v) is 1.71. The lowest BCUT2D eigenvalue weighted by molar-refractivity contribution is -0.119. The van der Waals surface area contributed by atoms with Crippen LogP contribution in [0.1, 0.15) is 25.0 Å². The Balaban J connectivity index is 2.70. The molecular weight excluding hydrogens is 200 g/mol. The quantitative estimate of drug-likeness (QED) is 0.784. The topological polar surface area (TPSA) is 69.1 Å². The molecule has 1 amide bonds. The Bertz CT molecular complexity index is 361. The van der Waals surface area contributed by atoms with Crippen molar-refractivity contribution in [3.8, 4) is 0 Å². The summed E-state index contributed by atoms with van der Waals surface area (Å²) in [6.45, 7) is 4.36. The van der Waals surface area contributed by atoms with Crippen LogP contribution in [-0.4, -0.2) is 11.9 Å². The van der Waals surface area contributed by atoms with E-state index in [2.05, 4.69) is 26.0 Å². The van der Waals surface area contributed by atoms with Gasteiger partial charge in [0.25, 0.3) is 0 Å². The van der Waals surface area contributed by atoms with E-state index in [1.54, 1.807) is 0 Å². The van der Waals surface area contributed by atoms with E-state index in [-0.39, 0.29) is 0 Å². The molecule has 1 atom stereocenters. The fraction of sp³-hybridized carbons (Fsp3) is 0.462. The summed E-state index contributed by atoms with van der Waals surface area (Å²) < 4.78 is 0. The van der Waals surface area contributed by atoms with Crippen molar-refractivity contribution < 1.29 is 4.79 Å². The second-order valence-electron chi connectivity index (χ2n) is 4.63. The van der Waals surface area contributed by atoms with Crippen LogP contribution in [0.2, 0.25) is 0 Å². The summed E-state index contributed by atoms with van der Waals surface area (Å²) in [4.78, 5) is 10.9. The Morgan fingerprint density at radius 3 is 2.31 bits per heavy atom. The highest BCUT2D eigenvalue weighted by atomic mass is 16.1. The van der Waals surface area contributed by atoms with Gasteiger partial charge in [0.1, 0.15) is 0 Å². The zero-order valence-electron chi connectivity index (χ0n) is 9.94. The molecule has 0 bridgehead atoms. The van der Waals surface area contributed by atoms with E-state index in [0.717, 1.165) is 12.0 Å². The van der Waals surface area contributed by atoms with Gasteiger partial charge in [-0.1, -0.05) is 38.1 Å². The summed E-state index contributed by atoms with van der Waals surface area (Å²) in [7, 11) is 0. The van der Waals surface area contributed by atoms with Crippen molar-refractivity contribution in [3.63, 3.8) is 0 Å². The van der Waals surface area contributed by atoms with Gasteiger partial charge in [-0.15, -0.1) is 0 Å². The van der Waals surface area contributed by atoms with E-state index >= 15 is 0 Å². The molecular formula is C13H20N2O. The average Bonchev–Trinajstić information content (AvgIpc) is 2.16. The number of carbonyl (C=O) groups is 1. The predicted molar refractivity (Wildman–Crippen MR) is 65.9 cm³/mol. The van der Waals surface area contributed by atoms with Crippen molar-refractivity contribution in [1.29, 1.82) is 0 Å². The molecule has 16 heavy (non-hydrogen) atoms. The third-order valence-corrected chi connectivity index (χ3v) is 2.46. The van der Waals surface area contributed by atoms with E-state index in [9.17, 15) is 4.79 Å². The summed E-state index contributed by atoms with van der Waals surface area (Å²) in [6.07, 6.45) is 1.56. The number of hydrogen-bond donors (Lipinski definition) is 2. The maximum absolute atomic E-state index is 10.9. The third kappa shape index (κ3) is 4.03. The van der Waals surface area contributed by atoms with Crippen LogP contribution in [0.15, 0.2) is 24.3 Å². The maximum atomic E-state index is 10.9. The van der Waals surface area contributed by atoms with Crippen LogP contribution in [0, 0.1) is 5.92 Å². The zero-order valence-corrected chi connectivity index (χ0v) is 9.94. The van der Waals surface area contributed by atoms with Gasteiger partial charge in [-0.2, -0.15) is 0 Å². The molecule has 1 rings (SSSR count). The Morgan fingerprint density at radius 1 is 1.25 bits per heavy atom. The number of carbonyl (C=O) groups excluding carboxylic acids is 1. The monoisotopic (exact) mass is 220 g/mol. The van der Waals surface area contributed by atoms with Gasteiger partial charge >= 0.3 is 0 Å². The average molecular weight is 220 g/mol. The fourth-order valence-electron chi connectivity index (χ4n) is 1.71. The molecule has 88 valence electrons. The highest BCUT2D eigenvalue weighted by Crippen LogP contribution is 2.11. The molecule has 0 aliphatic carbocycles. The lowest BCUT2D eigenvalue weighted by Crippen LogP contribution is -2.38. The molecule has 4 N–H and O–H groups in total. The van der Waals surface area contributed by atoms with Crippen LogP contribution in [0.3, 0.4) is 0 Å². The number of hydrogen-bond acceptors (Lipinski definition) is 2. The smallest absolute Gasteiger partial charge is 0.234 e. The van der Waals surface area contributed by atoms with E-state index < -0.39 is 11.9 Å².